The van der Waals surface area contributed by atoms with Crippen molar-refractivity contribution >= 4 is 32.6 Å². The van der Waals surface area contributed by atoms with Crippen molar-refractivity contribution in [3.63, 3.8) is 0 Å². The second-order valence-corrected chi connectivity index (χ2v) is 14.4. The first-order valence-corrected chi connectivity index (χ1v) is 17.5. The highest BCUT2D eigenvalue weighted by Gasteiger charge is 2.35. The molecular formula is C48H32N2. The van der Waals surface area contributed by atoms with E-state index < -0.39 is 0 Å². The van der Waals surface area contributed by atoms with E-state index in [-0.39, 0.29) is 5.41 Å². The molecule has 0 aliphatic heterocycles. The van der Waals surface area contributed by atoms with Crippen LogP contribution in [0.5, 0.6) is 0 Å². The number of pyridine rings is 1. The first kappa shape index (κ1) is 27.7. The van der Waals surface area contributed by atoms with Gasteiger partial charge in [-0.15, -0.1) is 0 Å². The Labute approximate surface area is 290 Å². The van der Waals surface area contributed by atoms with E-state index in [1.54, 1.807) is 0 Å². The zero-order valence-electron chi connectivity index (χ0n) is 27.9. The SMILES string of the molecule is CC1(C)c2ccccc2-c2ccc(-c3ccc4c(c3)c3ccccc3n4-c3cccc(-c4ncc5c6c(cccc46)-c4ccccc4-5)c3)cc21. The largest absolute Gasteiger partial charge is 0.309 e. The average Bonchev–Trinajstić information content (AvgIpc) is 3.76. The van der Waals surface area contributed by atoms with Crippen LogP contribution in [0.3, 0.4) is 0 Å². The molecule has 7 aromatic carbocycles. The number of hydrogen-bond donors (Lipinski definition) is 0. The molecular weight excluding hydrogens is 605 g/mol. The van der Waals surface area contributed by atoms with Gasteiger partial charge in [0, 0.05) is 50.0 Å². The molecule has 234 valence electrons. The molecule has 2 aliphatic rings. The van der Waals surface area contributed by atoms with Crippen LogP contribution in [0.2, 0.25) is 0 Å². The van der Waals surface area contributed by atoms with Gasteiger partial charge in [0.15, 0.2) is 0 Å². The monoisotopic (exact) mass is 636 g/mol. The number of fused-ring (bicyclic) bond motifs is 9. The van der Waals surface area contributed by atoms with Crippen LogP contribution in [0.1, 0.15) is 25.0 Å². The van der Waals surface area contributed by atoms with Gasteiger partial charge in [-0.3, -0.25) is 4.98 Å². The minimum absolute atomic E-state index is 0.0309. The highest BCUT2D eigenvalue weighted by Crippen LogP contribution is 2.50. The molecule has 0 saturated heterocycles. The lowest BCUT2D eigenvalue weighted by Gasteiger charge is -2.22. The number of hydrogen-bond acceptors (Lipinski definition) is 1. The van der Waals surface area contributed by atoms with Crippen LogP contribution < -0.4 is 0 Å². The summed E-state index contributed by atoms with van der Waals surface area (Å²) in [5.74, 6) is 0. The van der Waals surface area contributed by atoms with Crippen LogP contribution in [-0.4, -0.2) is 9.55 Å². The lowest BCUT2D eigenvalue weighted by atomic mass is 9.81. The summed E-state index contributed by atoms with van der Waals surface area (Å²) in [4.78, 5) is 5.11. The van der Waals surface area contributed by atoms with Crippen LogP contribution in [0, 0.1) is 0 Å². The Hall–Kier alpha value is -6.25. The number of aromatic nitrogens is 2. The number of nitrogens with zero attached hydrogens (tertiary/aromatic N) is 2. The summed E-state index contributed by atoms with van der Waals surface area (Å²) in [5, 5.41) is 5.01. The Morgan fingerprint density at radius 1 is 0.440 bits per heavy atom. The van der Waals surface area contributed by atoms with E-state index in [2.05, 4.69) is 176 Å². The van der Waals surface area contributed by atoms with Crippen molar-refractivity contribution in [3.05, 3.63) is 169 Å². The Morgan fingerprint density at radius 3 is 2.00 bits per heavy atom. The zero-order chi connectivity index (χ0) is 33.1. The van der Waals surface area contributed by atoms with E-state index in [1.165, 1.54) is 88.2 Å². The van der Waals surface area contributed by atoms with E-state index in [4.69, 9.17) is 4.98 Å². The summed E-state index contributed by atoms with van der Waals surface area (Å²) in [7, 11) is 0. The molecule has 2 heteroatoms. The van der Waals surface area contributed by atoms with Gasteiger partial charge in [-0.1, -0.05) is 129 Å². The van der Waals surface area contributed by atoms with Crippen molar-refractivity contribution < 1.29 is 0 Å². The molecule has 2 aliphatic carbocycles. The van der Waals surface area contributed by atoms with Gasteiger partial charge >= 0.3 is 0 Å². The number of para-hydroxylation sites is 1. The fourth-order valence-electron chi connectivity index (χ4n) is 9.02. The van der Waals surface area contributed by atoms with Crippen LogP contribution in [-0.2, 0) is 5.41 Å². The molecule has 0 saturated carbocycles. The second-order valence-electron chi connectivity index (χ2n) is 14.4. The second kappa shape index (κ2) is 9.90. The molecule has 0 radical (unpaired) electrons. The molecule has 0 fully saturated rings. The average molecular weight is 637 g/mol. The summed E-state index contributed by atoms with van der Waals surface area (Å²) in [5.41, 5.74) is 18.7. The third-order valence-corrected chi connectivity index (χ3v) is 11.4. The highest BCUT2D eigenvalue weighted by molar-refractivity contribution is 6.18. The molecule has 0 unspecified atom stereocenters. The molecule has 0 amide bonds. The first-order chi connectivity index (χ1) is 24.6. The van der Waals surface area contributed by atoms with Gasteiger partial charge in [0.1, 0.15) is 0 Å². The minimum atomic E-state index is -0.0309. The zero-order valence-corrected chi connectivity index (χ0v) is 27.9. The van der Waals surface area contributed by atoms with E-state index in [9.17, 15) is 0 Å². The lowest BCUT2D eigenvalue weighted by molar-refractivity contribution is 0.660. The normalized spacial score (nSPS) is 13.6. The third kappa shape index (κ3) is 3.65. The van der Waals surface area contributed by atoms with E-state index in [0.29, 0.717) is 0 Å². The highest BCUT2D eigenvalue weighted by atomic mass is 15.0. The van der Waals surface area contributed by atoms with Crippen molar-refractivity contribution in [2.45, 2.75) is 19.3 Å². The lowest BCUT2D eigenvalue weighted by Crippen LogP contribution is -2.14. The van der Waals surface area contributed by atoms with Crippen molar-refractivity contribution in [2.75, 3.05) is 0 Å². The number of rotatable bonds is 3. The molecule has 2 aromatic heterocycles. The van der Waals surface area contributed by atoms with Crippen LogP contribution in [0.4, 0.5) is 0 Å². The van der Waals surface area contributed by atoms with E-state index in [1.807, 2.05) is 0 Å². The standard InChI is InChI=1S/C48H32N2/c1-48(2)42-19-7-5-15-35(42)36-23-21-30(27-43(36)48)29-22-24-45-40(26-29)37-16-6-8-20-44(37)50(45)32-12-9-11-31(25-32)47-39-18-10-17-38-33-13-3-4-14-34(33)41(28-49-47)46(38)39/h3-28H,1-2H3. The molecule has 0 N–H and O–H groups in total. The molecule has 0 spiro atoms. The Morgan fingerprint density at radius 2 is 1.10 bits per heavy atom. The van der Waals surface area contributed by atoms with Crippen molar-refractivity contribution in [1.29, 1.82) is 0 Å². The Balaban J connectivity index is 1.06. The summed E-state index contributed by atoms with van der Waals surface area (Å²) < 4.78 is 2.41. The molecule has 2 heterocycles. The molecule has 0 atom stereocenters. The molecule has 11 rings (SSSR count). The van der Waals surface area contributed by atoms with Gasteiger partial charge in [-0.25, -0.2) is 0 Å². The summed E-state index contributed by atoms with van der Waals surface area (Å²) >= 11 is 0. The smallest absolute Gasteiger partial charge is 0.0781 e. The summed E-state index contributed by atoms with van der Waals surface area (Å²) in [6.45, 7) is 4.70. The summed E-state index contributed by atoms with van der Waals surface area (Å²) in [6.07, 6.45) is 2.07. The molecule has 0 bridgehead atoms. The van der Waals surface area contributed by atoms with Crippen LogP contribution >= 0.6 is 0 Å². The predicted molar refractivity (Wildman–Crippen MR) is 209 cm³/mol. The Bertz CT molecular complexity index is 2870. The Kier molecular flexibility index (Phi) is 5.48. The van der Waals surface area contributed by atoms with Crippen molar-refractivity contribution in [1.82, 2.24) is 9.55 Å². The van der Waals surface area contributed by atoms with Crippen LogP contribution in [0.25, 0.3) is 94.0 Å². The topological polar surface area (TPSA) is 17.8 Å². The maximum absolute atomic E-state index is 5.11. The quantitative estimate of drug-likeness (QED) is 0.189. The van der Waals surface area contributed by atoms with Gasteiger partial charge in [-0.2, -0.15) is 0 Å². The van der Waals surface area contributed by atoms with Crippen molar-refractivity contribution in [2.24, 2.45) is 0 Å². The van der Waals surface area contributed by atoms with E-state index >= 15 is 0 Å². The molecule has 50 heavy (non-hydrogen) atoms. The molecule has 2 nitrogen and oxygen atoms in total. The predicted octanol–water partition coefficient (Wildman–Crippen LogP) is 12.6. The van der Waals surface area contributed by atoms with Gasteiger partial charge in [0.25, 0.3) is 0 Å². The van der Waals surface area contributed by atoms with Crippen LogP contribution in [0.15, 0.2) is 158 Å². The van der Waals surface area contributed by atoms with Crippen molar-refractivity contribution in [3.8, 4) is 61.5 Å². The first-order valence-electron chi connectivity index (χ1n) is 17.5. The number of benzene rings is 7. The van der Waals surface area contributed by atoms with Gasteiger partial charge in [-0.05, 0) is 86.5 Å². The fraction of sp³-hybridized carbons (Fsp3) is 0.0625. The maximum atomic E-state index is 5.11. The fourth-order valence-corrected chi connectivity index (χ4v) is 9.02. The van der Waals surface area contributed by atoms with Gasteiger partial charge in [0.2, 0.25) is 0 Å². The van der Waals surface area contributed by atoms with E-state index in [0.717, 1.165) is 16.9 Å². The third-order valence-electron chi connectivity index (χ3n) is 11.4. The summed E-state index contributed by atoms with van der Waals surface area (Å²) in [6, 6.07) is 55.9. The van der Waals surface area contributed by atoms with Gasteiger partial charge < -0.3 is 4.57 Å². The maximum Gasteiger partial charge on any atom is 0.0781 e. The minimum Gasteiger partial charge on any atom is -0.309 e. The molecule has 9 aromatic rings. The van der Waals surface area contributed by atoms with Gasteiger partial charge in [0.05, 0.1) is 16.7 Å².